The van der Waals surface area contributed by atoms with E-state index in [9.17, 15) is 0 Å². The molecule has 0 unspecified atom stereocenters. The Morgan fingerprint density at radius 1 is 1.60 bits per heavy atom. The molecule has 0 bridgehead atoms. The summed E-state index contributed by atoms with van der Waals surface area (Å²) in [6, 6.07) is 0. The average Bonchev–Trinajstić information content (AvgIpc) is 2.31. The first-order valence-electron chi connectivity index (χ1n) is 3.84. The fraction of sp³-hybridized carbons (Fsp3) is 0.625. The van der Waals surface area contributed by atoms with E-state index in [-0.39, 0.29) is 0 Å². The van der Waals surface area contributed by atoms with Crippen LogP contribution in [0.15, 0.2) is 6.20 Å². The van der Waals surface area contributed by atoms with Crippen LogP contribution in [0.25, 0.3) is 0 Å². The Hall–Kier alpha value is -0.290. The van der Waals surface area contributed by atoms with Gasteiger partial charge in [-0.2, -0.15) is 0 Å². The molecule has 1 aromatic heterocycles. The zero-order valence-electron chi connectivity index (χ0n) is 6.65. The minimum atomic E-state index is 1.24. The Morgan fingerprint density at radius 3 is 2.90 bits per heavy atom. The van der Waals surface area contributed by atoms with Crippen molar-refractivity contribution in [3.05, 3.63) is 16.9 Å². The Balaban J connectivity index is 2.42. The van der Waals surface area contributed by atoms with Crippen LogP contribution >= 0.6 is 8.19 Å². The smallest absolute Gasteiger partial charge is 0.0427 e. The zero-order valence-corrected chi connectivity index (χ0v) is 7.54. The molecule has 0 aliphatic carbocycles. The third-order valence-corrected chi connectivity index (χ3v) is 2.63. The van der Waals surface area contributed by atoms with Crippen molar-refractivity contribution in [1.29, 1.82) is 0 Å². The van der Waals surface area contributed by atoms with Crippen LogP contribution in [0.2, 0.25) is 0 Å². The number of aryl methyl sites for hydroxylation is 2. The van der Waals surface area contributed by atoms with Gasteiger partial charge >= 0.3 is 0 Å². The van der Waals surface area contributed by atoms with E-state index in [1.54, 1.807) is 0 Å². The Morgan fingerprint density at radius 2 is 2.40 bits per heavy atom. The maximum Gasteiger partial charge on any atom is 0.0427 e. The van der Waals surface area contributed by atoms with Crippen molar-refractivity contribution in [2.75, 3.05) is 0 Å². The van der Waals surface area contributed by atoms with Crippen molar-refractivity contribution in [3.63, 3.8) is 0 Å². The maximum absolute atomic E-state index is 3.28. The number of aromatic amines is 1. The molecular formula is C8H14NP. The molecule has 1 N–H and O–H groups in total. The standard InChI is InChI=1S/C8H14NP/c1-3-4-5-8-9-6-7(2)10-8/h6,9H,3-5H2,1-2H3. The number of hydrogen-bond acceptors (Lipinski definition) is 0. The van der Waals surface area contributed by atoms with E-state index in [2.05, 4.69) is 25.0 Å². The molecule has 1 rings (SSSR count). The molecule has 0 saturated heterocycles. The molecule has 10 heavy (non-hydrogen) atoms. The lowest BCUT2D eigenvalue weighted by molar-refractivity contribution is 0.790. The highest BCUT2D eigenvalue weighted by Gasteiger charge is 1.93. The second-order valence-electron chi connectivity index (χ2n) is 2.59. The van der Waals surface area contributed by atoms with Crippen molar-refractivity contribution in [3.8, 4) is 0 Å². The second-order valence-corrected chi connectivity index (χ2v) is 4.06. The molecule has 2 heteroatoms. The summed E-state index contributed by atoms with van der Waals surface area (Å²) in [6.45, 7) is 4.39. The molecule has 0 aromatic carbocycles. The highest BCUT2D eigenvalue weighted by Crippen LogP contribution is 2.19. The summed E-state index contributed by atoms with van der Waals surface area (Å²) in [7, 11) is 1.41. The fourth-order valence-electron chi connectivity index (χ4n) is 0.937. The van der Waals surface area contributed by atoms with Gasteiger partial charge in [-0.25, -0.2) is 0 Å². The molecule has 0 amide bonds. The van der Waals surface area contributed by atoms with Gasteiger partial charge in [0, 0.05) is 11.6 Å². The van der Waals surface area contributed by atoms with Crippen molar-refractivity contribution in [2.45, 2.75) is 33.1 Å². The highest BCUT2D eigenvalue weighted by molar-refractivity contribution is 7.31. The van der Waals surface area contributed by atoms with Gasteiger partial charge in [-0.3, -0.25) is 0 Å². The zero-order chi connectivity index (χ0) is 7.40. The molecule has 0 saturated carbocycles. The minimum Gasteiger partial charge on any atom is -0.361 e. The topological polar surface area (TPSA) is 15.8 Å². The Bertz CT molecular complexity index is 193. The first kappa shape index (κ1) is 7.81. The van der Waals surface area contributed by atoms with Crippen molar-refractivity contribution in [2.24, 2.45) is 0 Å². The number of nitrogens with one attached hydrogen (secondary N) is 1. The van der Waals surface area contributed by atoms with E-state index in [4.69, 9.17) is 0 Å². The lowest BCUT2D eigenvalue weighted by Crippen LogP contribution is -1.79. The third kappa shape index (κ3) is 2.15. The summed E-state index contributed by atoms with van der Waals surface area (Å²) in [5.41, 5.74) is 1.47. The summed E-state index contributed by atoms with van der Waals surface area (Å²) in [5, 5.41) is 1.44. The van der Waals surface area contributed by atoms with Gasteiger partial charge in [0.25, 0.3) is 0 Å². The monoisotopic (exact) mass is 155 g/mol. The highest BCUT2D eigenvalue weighted by atomic mass is 31.0. The van der Waals surface area contributed by atoms with Gasteiger partial charge in [-0.1, -0.05) is 13.3 Å². The molecule has 0 aliphatic rings. The van der Waals surface area contributed by atoms with Crippen LogP contribution in [0.5, 0.6) is 0 Å². The van der Waals surface area contributed by atoms with Gasteiger partial charge in [0.2, 0.25) is 0 Å². The lowest BCUT2D eigenvalue weighted by Gasteiger charge is -1.91. The van der Waals surface area contributed by atoms with Crippen molar-refractivity contribution in [1.82, 2.24) is 4.98 Å². The fourth-order valence-corrected chi connectivity index (χ4v) is 1.89. The van der Waals surface area contributed by atoms with Crippen LogP contribution in [0.4, 0.5) is 0 Å². The summed E-state index contributed by atoms with van der Waals surface area (Å²) >= 11 is 0. The van der Waals surface area contributed by atoms with E-state index in [0.717, 1.165) is 0 Å². The van der Waals surface area contributed by atoms with E-state index in [1.165, 1.54) is 38.2 Å². The predicted molar refractivity (Wildman–Crippen MR) is 46.7 cm³/mol. The van der Waals surface area contributed by atoms with Crippen LogP contribution in [0, 0.1) is 6.92 Å². The second kappa shape index (κ2) is 3.78. The van der Waals surface area contributed by atoms with E-state index < -0.39 is 0 Å². The van der Waals surface area contributed by atoms with E-state index in [1.807, 2.05) is 0 Å². The van der Waals surface area contributed by atoms with Gasteiger partial charge in [-0.15, -0.1) is 0 Å². The normalized spacial score (nSPS) is 11.0. The number of rotatable bonds is 3. The van der Waals surface area contributed by atoms with Crippen molar-refractivity contribution < 1.29 is 0 Å². The largest absolute Gasteiger partial charge is 0.361 e. The molecule has 1 heterocycles. The Labute approximate surface area is 64.0 Å². The van der Waals surface area contributed by atoms with Crippen LogP contribution in [-0.4, -0.2) is 4.98 Å². The summed E-state index contributed by atoms with van der Waals surface area (Å²) in [6.07, 6.45) is 5.95. The molecule has 1 aromatic rings. The van der Waals surface area contributed by atoms with Crippen LogP contribution in [0.3, 0.4) is 0 Å². The van der Waals surface area contributed by atoms with Crippen molar-refractivity contribution >= 4 is 8.19 Å². The van der Waals surface area contributed by atoms with E-state index in [0.29, 0.717) is 0 Å². The number of unbranched alkanes of at least 4 members (excludes halogenated alkanes) is 1. The first-order valence-corrected chi connectivity index (χ1v) is 4.73. The molecule has 56 valence electrons. The summed E-state index contributed by atoms with van der Waals surface area (Å²) < 4.78 is 0. The Kier molecular flexibility index (Phi) is 2.95. The minimum absolute atomic E-state index is 1.24. The molecular weight excluding hydrogens is 141 g/mol. The maximum atomic E-state index is 3.28. The van der Waals surface area contributed by atoms with Gasteiger partial charge in [0.05, 0.1) is 0 Å². The van der Waals surface area contributed by atoms with E-state index >= 15 is 0 Å². The third-order valence-electron chi connectivity index (χ3n) is 1.53. The SMILES string of the molecule is CCCCc1[nH]cc(C)p1. The predicted octanol–water partition coefficient (Wildman–Crippen LogP) is 3.25. The molecule has 0 fully saturated rings. The van der Waals surface area contributed by atoms with Gasteiger partial charge in [0.1, 0.15) is 0 Å². The number of hydrogen-bond donors (Lipinski definition) is 1. The van der Waals surface area contributed by atoms with Gasteiger partial charge in [0.15, 0.2) is 0 Å². The van der Waals surface area contributed by atoms with Crippen LogP contribution < -0.4 is 0 Å². The summed E-state index contributed by atoms with van der Waals surface area (Å²) in [4.78, 5) is 3.28. The molecule has 1 nitrogen and oxygen atoms in total. The van der Waals surface area contributed by atoms with Crippen LogP contribution in [-0.2, 0) is 6.42 Å². The lowest BCUT2D eigenvalue weighted by atomic mass is 10.3. The quantitative estimate of drug-likeness (QED) is 0.689. The summed E-state index contributed by atoms with van der Waals surface area (Å²) in [5.74, 6) is 0. The van der Waals surface area contributed by atoms with Gasteiger partial charge in [-0.05, 0) is 33.3 Å². The first-order chi connectivity index (χ1) is 4.83. The molecule has 0 atom stereocenters. The number of aromatic nitrogens is 1. The molecule has 0 aliphatic heterocycles. The average molecular weight is 155 g/mol. The van der Waals surface area contributed by atoms with Gasteiger partial charge < -0.3 is 4.98 Å². The molecule has 0 spiro atoms. The molecule has 0 radical (unpaired) electrons. The number of H-pyrrole nitrogens is 1. The van der Waals surface area contributed by atoms with Crippen LogP contribution in [0.1, 0.15) is 30.5 Å².